The number of nitrogens with two attached hydrogens (primary N) is 1. The topological polar surface area (TPSA) is 55.1 Å². The van der Waals surface area contributed by atoms with Crippen LogP contribution in [0.1, 0.15) is 43.2 Å². The summed E-state index contributed by atoms with van der Waals surface area (Å²) in [6, 6.07) is 0. The Morgan fingerprint density at radius 2 is 2.11 bits per heavy atom. The number of carbonyl (C=O) groups excluding carboxylic acids is 1. The van der Waals surface area contributed by atoms with E-state index < -0.39 is 0 Å². The summed E-state index contributed by atoms with van der Waals surface area (Å²) in [7, 11) is 0. The average molecular weight is 266 g/mol. The molecule has 0 spiro atoms. The van der Waals surface area contributed by atoms with Gasteiger partial charge in [0.25, 0.3) is 0 Å². The first-order valence-electron chi connectivity index (χ1n) is 6.68. The molecule has 0 saturated heterocycles. The van der Waals surface area contributed by atoms with E-state index in [1.807, 2.05) is 0 Å². The van der Waals surface area contributed by atoms with Crippen molar-refractivity contribution in [3.63, 3.8) is 0 Å². The molecule has 0 unspecified atom stereocenters. The highest BCUT2D eigenvalue weighted by Gasteiger charge is 2.37. The molecular formula is C14H22N2OS. The molecule has 1 amide bonds. The predicted molar refractivity (Wildman–Crippen MR) is 75.5 cm³/mol. The van der Waals surface area contributed by atoms with E-state index in [0.29, 0.717) is 13.1 Å². The van der Waals surface area contributed by atoms with Gasteiger partial charge in [-0.15, -0.1) is 0 Å². The number of rotatable bonds is 4. The number of nitrogens with one attached hydrogen (secondary N) is 1. The molecule has 1 aliphatic carbocycles. The molecule has 1 aromatic rings. The standard InChI is InChI=1S/C14H22N2OS/c1-11-8-18-9-12(11)7-16-13(17)14(10-15)5-3-2-4-6-14/h8-9H,2-7,10,15H2,1H3,(H,16,17). The van der Waals surface area contributed by atoms with Crippen LogP contribution in [0.25, 0.3) is 0 Å². The Morgan fingerprint density at radius 3 is 2.67 bits per heavy atom. The van der Waals surface area contributed by atoms with Crippen LogP contribution in [-0.2, 0) is 11.3 Å². The van der Waals surface area contributed by atoms with E-state index in [0.717, 1.165) is 25.7 Å². The SMILES string of the molecule is Cc1cscc1CNC(=O)C1(CN)CCCCC1. The first-order valence-corrected chi connectivity index (χ1v) is 7.62. The highest BCUT2D eigenvalue weighted by atomic mass is 32.1. The van der Waals surface area contributed by atoms with Crippen molar-refractivity contribution in [2.24, 2.45) is 11.1 Å². The maximum atomic E-state index is 12.4. The van der Waals surface area contributed by atoms with Crippen LogP contribution in [0.5, 0.6) is 0 Å². The molecule has 100 valence electrons. The van der Waals surface area contributed by atoms with E-state index >= 15 is 0 Å². The van der Waals surface area contributed by atoms with Crippen molar-refractivity contribution in [1.29, 1.82) is 0 Å². The van der Waals surface area contributed by atoms with Crippen molar-refractivity contribution in [3.8, 4) is 0 Å². The Balaban J connectivity index is 1.96. The highest BCUT2D eigenvalue weighted by molar-refractivity contribution is 7.08. The van der Waals surface area contributed by atoms with E-state index in [2.05, 4.69) is 23.0 Å². The lowest BCUT2D eigenvalue weighted by atomic mass is 9.73. The minimum absolute atomic E-state index is 0.148. The molecule has 0 bridgehead atoms. The quantitative estimate of drug-likeness (QED) is 0.880. The fourth-order valence-electron chi connectivity index (χ4n) is 2.68. The zero-order valence-electron chi connectivity index (χ0n) is 11.0. The molecule has 1 saturated carbocycles. The van der Waals surface area contributed by atoms with Crippen LogP contribution in [0.4, 0.5) is 0 Å². The Labute approximate surface area is 113 Å². The van der Waals surface area contributed by atoms with Crippen molar-refractivity contribution in [3.05, 3.63) is 21.9 Å². The van der Waals surface area contributed by atoms with E-state index in [1.165, 1.54) is 17.5 Å². The minimum atomic E-state index is -0.303. The molecule has 18 heavy (non-hydrogen) atoms. The van der Waals surface area contributed by atoms with Crippen LogP contribution in [0, 0.1) is 12.3 Å². The predicted octanol–water partition coefficient (Wildman–Crippen LogP) is 2.58. The molecule has 2 rings (SSSR count). The Kier molecular flexibility index (Phi) is 4.40. The van der Waals surface area contributed by atoms with E-state index in [4.69, 9.17) is 5.73 Å². The number of aryl methyl sites for hydroxylation is 1. The van der Waals surface area contributed by atoms with Gasteiger partial charge < -0.3 is 11.1 Å². The number of carbonyl (C=O) groups is 1. The van der Waals surface area contributed by atoms with E-state index in [-0.39, 0.29) is 11.3 Å². The first kappa shape index (κ1) is 13.6. The smallest absolute Gasteiger partial charge is 0.227 e. The molecule has 0 aromatic carbocycles. The average Bonchev–Trinajstić information content (AvgIpc) is 2.82. The minimum Gasteiger partial charge on any atom is -0.351 e. The summed E-state index contributed by atoms with van der Waals surface area (Å²) in [6.07, 6.45) is 5.37. The van der Waals surface area contributed by atoms with Gasteiger partial charge in [-0.3, -0.25) is 4.79 Å². The molecule has 3 N–H and O–H groups in total. The van der Waals surface area contributed by atoms with Crippen molar-refractivity contribution in [2.75, 3.05) is 6.54 Å². The van der Waals surface area contributed by atoms with Crippen molar-refractivity contribution < 1.29 is 4.79 Å². The second kappa shape index (κ2) is 5.85. The molecular weight excluding hydrogens is 244 g/mol. The maximum absolute atomic E-state index is 12.4. The van der Waals surface area contributed by atoms with Gasteiger partial charge in [0.15, 0.2) is 0 Å². The number of thiophene rings is 1. The van der Waals surface area contributed by atoms with Gasteiger partial charge in [-0.25, -0.2) is 0 Å². The third kappa shape index (κ3) is 2.75. The van der Waals surface area contributed by atoms with E-state index in [9.17, 15) is 4.79 Å². The van der Waals surface area contributed by atoms with Crippen LogP contribution in [0.2, 0.25) is 0 Å². The molecule has 4 heteroatoms. The molecule has 3 nitrogen and oxygen atoms in total. The third-order valence-electron chi connectivity index (χ3n) is 4.08. The summed E-state index contributed by atoms with van der Waals surface area (Å²) in [5, 5.41) is 7.29. The normalized spacial score (nSPS) is 18.6. The Hall–Kier alpha value is -0.870. The lowest BCUT2D eigenvalue weighted by molar-refractivity contribution is -0.132. The summed E-state index contributed by atoms with van der Waals surface area (Å²) < 4.78 is 0. The molecule has 0 radical (unpaired) electrons. The molecule has 1 heterocycles. The Bertz CT molecular complexity index is 408. The second-order valence-electron chi connectivity index (χ2n) is 5.31. The van der Waals surface area contributed by atoms with Gasteiger partial charge in [-0.1, -0.05) is 19.3 Å². The first-order chi connectivity index (χ1) is 8.68. The molecule has 0 atom stereocenters. The van der Waals surface area contributed by atoms with Crippen molar-refractivity contribution in [2.45, 2.75) is 45.6 Å². The fourth-order valence-corrected chi connectivity index (χ4v) is 3.54. The second-order valence-corrected chi connectivity index (χ2v) is 6.05. The van der Waals surface area contributed by atoms with Gasteiger partial charge in [0.1, 0.15) is 0 Å². The van der Waals surface area contributed by atoms with Crippen LogP contribution < -0.4 is 11.1 Å². The summed E-state index contributed by atoms with van der Waals surface area (Å²) in [6.45, 7) is 3.19. The lowest BCUT2D eigenvalue weighted by Crippen LogP contribution is -2.46. The van der Waals surface area contributed by atoms with Gasteiger partial charge in [0, 0.05) is 13.1 Å². The number of hydrogen-bond donors (Lipinski definition) is 2. The van der Waals surface area contributed by atoms with E-state index in [1.54, 1.807) is 11.3 Å². The van der Waals surface area contributed by atoms with Crippen LogP contribution in [-0.4, -0.2) is 12.5 Å². The van der Waals surface area contributed by atoms with Crippen LogP contribution in [0.3, 0.4) is 0 Å². The lowest BCUT2D eigenvalue weighted by Gasteiger charge is -2.34. The summed E-state index contributed by atoms with van der Waals surface area (Å²) in [5.74, 6) is 0.148. The molecule has 0 aliphatic heterocycles. The Morgan fingerprint density at radius 1 is 1.39 bits per heavy atom. The van der Waals surface area contributed by atoms with Crippen molar-refractivity contribution >= 4 is 17.2 Å². The van der Waals surface area contributed by atoms with Gasteiger partial charge in [-0.2, -0.15) is 11.3 Å². The summed E-state index contributed by atoms with van der Waals surface area (Å²) >= 11 is 1.68. The third-order valence-corrected chi connectivity index (χ3v) is 4.99. The van der Waals surface area contributed by atoms with Crippen LogP contribution in [0.15, 0.2) is 10.8 Å². The molecule has 1 aromatic heterocycles. The zero-order valence-corrected chi connectivity index (χ0v) is 11.8. The molecule has 1 fully saturated rings. The fraction of sp³-hybridized carbons (Fsp3) is 0.643. The van der Waals surface area contributed by atoms with Gasteiger partial charge in [0.2, 0.25) is 5.91 Å². The number of amides is 1. The monoisotopic (exact) mass is 266 g/mol. The highest BCUT2D eigenvalue weighted by Crippen LogP contribution is 2.35. The van der Waals surface area contributed by atoms with Gasteiger partial charge in [-0.05, 0) is 41.7 Å². The van der Waals surface area contributed by atoms with Gasteiger partial charge >= 0.3 is 0 Å². The summed E-state index contributed by atoms with van der Waals surface area (Å²) in [5.41, 5.74) is 8.03. The number of hydrogen-bond acceptors (Lipinski definition) is 3. The maximum Gasteiger partial charge on any atom is 0.227 e. The van der Waals surface area contributed by atoms with Crippen molar-refractivity contribution in [1.82, 2.24) is 5.32 Å². The largest absolute Gasteiger partial charge is 0.351 e. The van der Waals surface area contributed by atoms with Crippen LogP contribution >= 0.6 is 11.3 Å². The zero-order chi connectivity index (χ0) is 13.0. The van der Waals surface area contributed by atoms with Gasteiger partial charge in [0.05, 0.1) is 5.41 Å². The molecule has 1 aliphatic rings. The summed E-state index contributed by atoms with van der Waals surface area (Å²) in [4.78, 5) is 12.4.